The number of rotatable bonds is 6. The van der Waals surface area contributed by atoms with Crippen molar-refractivity contribution in [3.63, 3.8) is 0 Å². The van der Waals surface area contributed by atoms with Crippen LogP contribution >= 0.6 is 0 Å². The summed E-state index contributed by atoms with van der Waals surface area (Å²) in [4.78, 5) is 11.2. The molecule has 6 nitrogen and oxygen atoms in total. The zero-order valence-corrected chi connectivity index (χ0v) is 19.2. The Morgan fingerprint density at radius 3 is 2.78 bits per heavy atom. The third-order valence-electron chi connectivity index (χ3n) is 6.77. The van der Waals surface area contributed by atoms with Crippen molar-refractivity contribution in [2.45, 2.75) is 58.9 Å². The lowest BCUT2D eigenvalue weighted by Crippen LogP contribution is -2.56. The molecule has 1 aliphatic rings. The third kappa shape index (κ3) is 4.08. The van der Waals surface area contributed by atoms with Crippen LogP contribution in [0.2, 0.25) is 0 Å². The number of nitrogens with zero attached hydrogens (tertiary/aromatic N) is 4. The molecule has 1 aliphatic heterocycles. The van der Waals surface area contributed by atoms with E-state index in [1.54, 1.807) is 18.3 Å². The molecule has 4 heterocycles. The van der Waals surface area contributed by atoms with Gasteiger partial charge in [0.25, 0.3) is 5.92 Å². The van der Waals surface area contributed by atoms with Crippen LogP contribution in [0.1, 0.15) is 52.5 Å². The number of alkyl halides is 2. The quantitative estimate of drug-likeness (QED) is 0.554. The minimum absolute atomic E-state index is 0.0216. The Morgan fingerprint density at radius 2 is 2.09 bits per heavy atom. The lowest BCUT2D eigenvalue weighted by molar-refractivity contribution is 0.0178. The number of aromatic nitrogens is 4. The molecule has 2 unspecified atom stereocenters. The SMILES string of the molecule is CCC1(CC(C)C)CN(c2ccc(C(C)(F)F)c(-c3[nH]nc4ncccc34)n2)CCC1N. The monoisotopic (exact) mass is 442 g/mol. The summed E-state index contributed by atoms with van der Waals surface area (Å²) in [5, 5.41) is 7.75. The van der Waals surface area contributed by atoms with Crippen LogP contribution in [-0.2, 0) is 5.92 Å². The third-order valence-corrected chi connectivity index (χ3v) is 6.77. The summed E-state index contributed by atoms with van der Waals surface area (Å²) in [6.45, 7) is 9.04. The van der Waals surface area contributed by atoms with E-state index in [4.69, 9.17) is 10.7 Å². The molecule has 0 aliphatic carbocycles. The second-order valence-electron chi connectivity index (χ2n) is 9.56. The Bertz CT molecular complexity index is 1090. The number of pyridine rings is 2. The molecule has 2 atom stereocenters. The molecular formula is C24H32F2N6. The first-order valence-electron chi connectivity index (χ1n) is 11.3. The fourth-order valence-electron chi connectivity index (χ4n) is 5.12. The molecule has 8 heteroatoms. The highest BCUT2D eigenvalue weighted by atomic mass is 19.3. The van der Waals surface area contributed by atoms with Crippen LogP contribution in [0.15, 0.2) is 30.5 Å². The first-order chi connectivity index (χ1) is 15.1. The van der Waals surface area contributed by atoms with Crippen LogP contribution < -0.4 is 10.6 Å². The molecule has 0 amide bonds. The predicted molar refractivity (Wildman–Crippen MR) is 124 cm³/mol. The zero-order chi connectivity index (χ0) is 23.1. The van der Waals surface area contributed by atoms with Gasteiger partial charge in [-0.15, -0.1) is 0 Å². The number of fused-ring (bicyclic) bond motifs is 1. The van der Waals surface area contributed by atoms with E-state index in [9.17, 15) is 8.78 Å². The van der Waals surface area contributed by atoms with Crippen molar-refractivity contribution in [3.8, 4) is 11.4 Å². The highest BCUT2D eigenvalue weighted by Crippen LogP contribution is 2.41. The van der Waals surface area contributed by atoms with Gasteiger partial charge in [-0.3, -0.25) is 5.10 Å². The number of hydrogen-bond donors (Lipinski definition) is 2. The van der Waals surface area contributed by atoms with Gasteiger partial charge in [0, 0.05) is 48.6 Å². The van der Waals surface area contributed by atoms with Gasteiger partial charge >= 0.3 is 0 Å². The number of halogens is 2. The van der Waals surface area contributed by atoms with Crippen molar-refractivity contribution in [1.29, 1.82) is 0 Å². The van der Waals surface area contributed by atoms with Gasteiger partial charge in [-0.1, -0.05) is 20.8 Å². The Hall–Kier alpha value is -2.61. The van der Waals surface area contributed by atoms with Crippen molar-refractivity contribution < 1.29 is 8.78 Å². The molecule has 32 heavy (non-hydrogen) atoms. The minimum atomic E-state index is -3.05. The smallest absolute Gasteiger partial charge is 0.272 e. The maximum absolute atomic E-state index is 14.5. The average molecular weight is 443 g/mol. The maximum atomic E-state index is 14.5. The fraction of sp³-hybridized carbons (Fsp3) is 0.542. The predicted octanol–water partition coefficient (Wildman–Crippen LogP) is 5.11. The molecule has 172 valence electrons. The van der Waals surface area contributed by atoms with Crippen molar-refractivity contribution in [1.82, 2.24) is 20.2 Å². The normalized spacial score (nSPS) is 22.1. The molecule has 0 bridgehead atoms. The number of nitrogens with two attached hydrogens (primary N) is 1. The number of aromatic amines is 1. The van der Waals surface area contributed by atoms with Crippen LogP contribution in [0.3, 0.4) is 0 Å². The minimum Gasteiger partial charge on any atom is -0.356 e. The van der Waals surface area contributed by atoms with Crippen molar-refractivity contribution in [3.05, 3.63) is 36.0 Å². The van der Waals surface area contributed by atoms with Gasteiger partial charge < -0.3 is 10.6 Å². The van der Waals surface area contributed by atoms with E-state index in [0.29, 0.717) is 28.5 Å². The number of nitrogens with one attached hydrogen (secondary N) is 1. The van der Waals surface area contributed by atoms with Crippen LogP contribution in [0.5, 0.6) is 0 Å². The number of anilines is 1. The van der Waals surface area contributed by atoms with E-state index in [1.807, 2.05) is 6.07 Å². The summed E-state index contributed by atoms with van der Waals surface area (Å²) in [7, 11) is 0. The molecule has 1 fully saturated rings. The average Bonchev–Trinajstić information content (AvgIpc) is 3.18. The summed E-state index contributed by atoms with van der Waals surface area (Å²) in [6, 6.07) is 6.90. The van der Waals surface area contributed by atoms with Gasteiger partial charge in [0.2, 0.25) is 0 Å². The van der Waals surface area contributed by atoms with E-state index >= 15 is 0 Å². The van der Waals surface area contributed by atoms with E-state index in [2.05, 4.69) is 40.9 Å². The molecule has 0 radical (unpaired) electrons. The molecule has 0 aromatic carbocycles. The summed E-state index contributed by atoms with van der Waals surface area (Å²) in [6.07, 6.45) is 4.47. The Morgan fingerprint density at radius 1 is 1.31 bits per heavy atom. The number of hydrogen-bond acceptors (Lipinski definition) is 5. The molecule has 3 N–H and O–H groups in total. The standard InChI is InChI=1S/C24H32F2N6/c1-5-24(13-15(2)3)14-32(12-10-18(24)27)19-9-8-17(23(4,25)26)21(29-19)20-16-7-6-11-28-22(16)31-30-20/h6-9,11,15,18H,5,10,12-14,27H2,1-4H3,(H,28,30,31). The van der Waals surface area contributed by atoms with Gasteiger partial charge in [0.1, 0.15) is 11.5 Å². The van der Waals surface area contributed by atoms with Gasteiger partial charge in [-0.25, -0.2) is 18.7 Å². The Kier molecular flexibility index (Phi) is 5.92. The van der Waals surface area contributed by atoms with Gasteiger partial charge in [0.15, 0.2) is 5.65 Å². The van der Waals surface area contributed by atoms with Crippen LogP contribution in [0, 0.1) is 11.3 Å². The van der Waals surface area contributed by atoms with Crippen molar-refractivity contribution >= 4 is 16.9 Å². The first kappa shape index (κ1) is 22.6. The second kappa shape index (κ2) is 8.39. The summed E-state index contributed by atoms with van der Waals surface area (Å²) < 4.78 is 29.1. The van der Waals surface area contributed by atoms with E-state index in [1.165, 1.54) is 6.07 Å². The molecule has 1 saturated heterocycles. The van der Waals surface area contributed by atoms with Gasteiger partial charge in [-0.2, -0.15) is 5.10 Å². The lowest BCUT2D eigenvalue weighted by Gasteiger charge is -2.48. The fourth-order valence-corrected chi connectivity index (χ4v) is 5.12. The first-order valence-corrected chi connectivity index (χ1v) is 11.3. The van der Waals surface area contributed by atoms with Crippen LogP contribution in [-0.4, -0.2) is 39.3 Å². The van der Waals surface area contributed by atoms with Crippen molar-refractivity contribution in [2.24, 2.45) is 17.1 Å². The molecule has 3 aromatic heterocycles. The second-order valence-corrected chi connectivity index (χ2v) is 9.56. The van der Waals surface area contributed by atoms with E-state index in [0.717, 1.165) is 39.3 Å². The summed E-state index contributed by atoms with van der Waals surface area (Å²) in [5.74, 6) is -1.84. The number of H-pyrrole nitrogens is 1. The molecule has 0 spiro atoms. The Labute approximate surface area is 187 Å². The number of piperidine rings is 1. The van der Waals surface area contributed by atoms with E-state index in [-0.39, 0.29) is 22.7 Å². The molecule has 3 aromatic rings. The summed E-state index contributed by atoms with van der Waals surface area (Å²) in [5.41, 5.74) is 7.60. The van der Waals surface area contributed by atoms with Crippen LogP contribution in [0.4, 0.5) is 14.6 Å². The highest BCUT2D eigenvalue weighted by Gasteiger charge is 2.41. The van der Waals surface area contributed by atoms with Gasteiger partial charge in [-0.05, 0) is 49.4 Å². The Balaban J connectivity index is 1.79. The van der Waals surface area contributed by atoms with Crippen LogP contribution in [0.25, 0.3) is 22.4 Å². The molecule has 0 saturated carbocycles. The topological polar surface area (TPSA) is 83.7 Å². The lowest BCUT2D eigenvalue weighted by atomic mass is 9.69. The van der Waals surface area contributed by atoms with Crippen molar-refractivity contribution in [2.75, 3.05) is 18.0 Å². The zero-order valence-electron chi connectivity index (χ0n) is 19.2. The van der Waals surface area contributed by atoms with Gasteiger partial charge in [0.05, 0.1) is 5.69 Å². The maximum Gasteiger partial charge on any atom is 0.272 e. The highest BCUT2D eigenvalue weighted by molar-refractivity contribution is 5.90. The molecular weight excluding hydrogens is 410 g/mol. The largest absolute Gasteiger partial charge is 0.356 e. The summed E-state index contributed by atoms with van der Waals surface area (Å²) >= 11 is 0. The molecule has 4 rings (SSSR count). The van der Waals surface area contributed by atoms with E-state index < -0.39 is 5.92 Å².